The maximum absolute atomic E-state index is 12.7. The summed E-state index contributed by atoms with van der Waals surface area (Å²) >= 11 is 1.56. The lowest BCUT2D eigenvalue weighted by molar-refractivity contribution is -0.128. The molecule has 3 rings (SSSR count). The topological polar surface area (TPSA) is 56.6 Å². The Hall–Kier alpha value is -2.07. The van der Waals surface area contributed by atoms with Gasteiger partial charge in [-0.3, -0.25) is 9.69 Å². The molecule has 0 bridgehead atoms. The molecule has 1 saturated heterocycles. The molecule has 1 aliphatic heterocycles. The highest BCUT2D eigenvalue weighted by atomic mass is 32.2. The van der Waals surface area contributed by atoms with Crippen molar-refractivity contribution in [1.82, 2.24) is 9.80 Å². The summed E-state index contributed by atoms with van der Waals surface area (Å²) < 4.78 is 5.37. The Labute approximate surface area is 164 Å². The number of rotatable bonds is 8. The Morgan fingerprint density at radius 2 is 1.93 bits per heavy atom. The smallest absolute Gasteiger partial charge is 0.233 e. The lowest BCUT2D eigenvalue weighted by Gasteiger charge is -2.29. The Kier molecular flexibility index (Phi) is 7.52. The number of morpholine rings is 1. The first-order valence-electron chi connectivity index (χ1n) is 9.33. The second kappa shape index (κ2) is 10.3. The van der Waals surface area contributed by atoms with Gasteiger partial charge in [0.1, 0.15) is 0 Å². The van der Waals surface area contributed by atoms with Crippen molar-refractivity contribution >= 4 is 28.4 Å². The van der Waals surface area contributed by atoms with Crippen molar-refractivity contribution in [2.75, 3.05) is 51.7 Å². The summed E-state index contributed by atoms with van der Waals surface area (Å²) in [4.78, 5) is 17.9. The van der Waals surface area contributed by atoms with E-state index in [1.807, 2.05) is 17.0 Å². The number of nitrogens with zero attached hydrogens (tertiary/aromatic N) is 3. The van der Waals surface area contributed by atoms with Crippen molar-refractivity contribution in [1.29, 1.82) is 5.26 Å². The molecule has 1 fully saturated rings. The van der Waals surface area contributed by atoms with Gasteiger partial charge in [0.25, 0.3) is 0 Å². The maximum atomic E-state index is 12.7. The van der Waals surface area contributed by atoms with Crippen molar-refractivity contribution in [3.63, 3.8) is 0 Å². The molecule has 142 valence electrons. The lowest BCUT2D eigenvalue weighted by Crippen LogP contribution is -2.43. The largest absolute Gasteiger partial charge is 0.379 e. The molecule has 0 unspecified atom stereocenters. The zero-order chi connectivity index (χ0) is 18.9. The first-order chi connectivity index (χ1) is 13.3. The highest BCUT2D eigenvalue weighted by Crippen LogP contribution is 2.24. The van der Waals surface area contributed by atoms with Crippen molar-refractivity contribution in [3.8, 4) is 6.07 Å². The van der Waals surface area contributed by atoms with Crippen LogP contribution in [-0.2, 0) is 9.53 Å². The van der Waals surface area contributed by atoms with Crippen LogP contribution in [0.1, 0.15) is 6.42 Å². The molecular weight excluding hydrogens is 358 g/mol. The molecule has 0 saturated carbocycles. The first kappa shape index (κ1) is 19.7. The van der Waals surface area contributed by atoms with E-state index in [1.54, 1.807) is 11.8 Å². The van der Waals surface area contributed by atoms with Gasteiger partial charge >= 0.3 is 0 Å². The molecule has 0 radical (unpaired) electrons. The quantitative estimate of drug-likeness (QED) is 0.656. The summed E-state index contributed by atoms with van der Waals surface area (Å²) in [5, 5.41) is 11.3. The summed E-state index contributed by atoms with van der Waals surface area (Å²) in [7, 11) is 0. The van der Waals surface area contributed by atoms with Crippen molar-refractivity contribution in [2.24, 2.45) is 0 Å². The fraction of sp³-hybridized carbons (Fsp3) is 0.429. The van der Waals surface area contributed by atoms with Gasteiger partial charge in [-0.05, 0) is 22.9 Å². The van der Waals surface area contributed by atoms with Gasteiger partial charge in [0.05, 0.1) is 31.5 Å². The van der Waals surface area contributed by atoms with E-state index >= 15 is 0 Å². The monoisotopic (exact) mass is 383 g/mol. The minimum absolute atomic E-state index is 0.0941. The zero-order valence-corrected chi connectivity index (χ0v) is 16.3. The Bertz CT molecular complexity index is 799. The van der Waals surface area contributed by atoms with Crippen LogP contribution >= 0.6 is 11.8 Å². The summed E-state index contributed by atoms with van der Waals surface area (Å²) in [6, 6.07) is 16.7. The van der Waals surface area contributed by atoms with Gasteiger partial charge < -0.3 is 9.64 Å². The van der Waals surface area contributed by atoms with Crippen LogP contribution in [0.4, 0.5) is 0 Å². The highest BCUT2D eigenvalue weighted by molar-refractivity contribution is 8.00. The van der Waals surface area contributed by atoms with Gasteiger partial charge in [-0.25, -0.2) is 0 Å². The molecule has 1 amide bonds. The Balaban J connectivity index is 1.54. The molecule has 2 aromatic carbocycles. The van der Waals surface area contributed by atoms with E-state index in [1.165, 1.54) is 10.8 Å². The molecule has 0 N–H and O–H groups in total. The van der Waals surface area contributed by atoms with E-state index in [4.69, 9.17) is 10.00 Å². The van der Waals surface area contributed by atoms with Gasteiger partial charge in [0, 0.05) is 37.6 Å². The summed E-state index contributed by atoms with van der Waals surface area (Å²) in [6.07, 6.45) is 0.371. The number of amides is 1. The number of carbonyl (C=O) groups is 1. The van der Waals surface area contributed by atoms with E-state index in [0.717, 1.165) is 37.7 Å². The third-order valence-corrected chi connectivity index (χ3v) is 5.70. The van der Waals surface area contributed by atoms with Crippen molar-refractivity contribution < 1.29 is 9.53 Å². The minimum atomic E-state index is 0.0941. The molecule has 1 aliphatic rings. The number of benzene rings is 2. The maximum Gasteiger partial charge on any atom is 0.233 e. The number of carbonyl (C=O) groups excluding carboxylic acids is 1. The lowest BCUT2D eigenvalue weighted by atomic mass is 10.1. The number of nitriles is 1. The van der Waals surface area contributed by atoms with Gasteiger partial charge in [0.15, 0.2) is 0 Å². The molecule has 5 nitrogen and oxygen atoms in total. The molecule has 0 spiro atoms. The van der Waals surface area contributed by atoms with Crippen LogP contribution in [0.25, 0.3) is 10.8 Å². The number of ether oxygens (including phenoxy) is 1. The van der Waals surface area contributed by atoms with E-state index in [2.05, 4.69) is 41.3 Å². The van der Waals surface area contributed by atoms with Crippen molar-refractivity contribution in [3.05, 3.63) is 42.5 Å². The third-order valence-electron chi connectivity index (χ3n) is 4.72. The highest BCUT2D eigenvalue weighted by Gasteiger charge is 2.17. The fourth-order valence-electron chi connectivity index (χ4n) is 3.13. The Morgan fingerprint density at radius 1 is 1.15 bits per heavy atom. The van der Waals surface area contributed by atoms with Crippen LogP contribution < -0.4 is 0 Å². The van der Waals surface area contributed by atoms with E-state index in [9.17, 15) is 4.79 Å². The molecule has 2 aromatic rings. The third kappa shape index (κ3) is 5.96. The Morgan fingerprint density at radius 3 is 2.70 bits per heavy atom. The predicted octanol–water partition coefficient (Wildman–Crippen LogP) is 3.01. The number of hydrogen-bond donors (Lipinski definition) is 0. The number of thioether (sulfide) groups is 1. The zero-order valence-electron chi connectivity index (χ0n) is 15.5. The van der Waals surface area contributed by atoms with Crippen LogP contribution in [-0.4, -0.2) is 67.4 Å². The average molecular weight is 384 g/mol. The van der Waals surface area contributed by atoms with Crippen molar-refractivity contribution in [2.45, 2.75) is 11.3 Å². The predicted molar refractivity (Wildman–Crippen MR) is 109 cm³/mol. The molecule has 0 aliphatic carbocycles. The average Bonchev–Trinajstić information content (AvgIpc) is 2.72. The fourth-order valence-corrected chi connectivity index (χ4v) is 3.97. The summed E-state index contributed by atoms with van der Waals surface area (Å²) in [5.74, 6) is 0.490. The standard InChI is InChI=1S/C21H25N3O2S/c22-8-3-9-24(11-10-23-12-14-26-15-13-23)21(25)17-27-20-7-6-18-4-1-2-5-19(18)16-20/h1-2,4-7,16H,3,9-15,17H2. The van der Waals surface area contributed by atoms with Crippen LogP contribution in [0.3, 0.4) is 0 Å². The molecule has 27 heavy (non-hydrogen) atoms. The van der Waals surface area contributed by atoms with E-state index in [-0.39, 0.29) is 5.91 Å². The second-order valence-corrected chi connectivity index (χ2v) is 7.59. The number of fused-ring (bicyclic) bond motifs is 1. The molecule has 6 heteroatoms. The first-order valence-corrected chi connectivity index (χ1v) is 10.3. The van der Waals surface area contributed by atoms with E-state index < -0.39 is 0 Å². The SMILES string of the molecule is N#CCCN(CCN1CCOCC1)C(=O)CSc1ccc2ccccc2c1. The second-order valence-electron chi connectivity index (χ2n) is 6.54. The molecule has 0 aromatic heterocycles. The van der Waals surface area contributed by atoms with Crippen LogP contribution in [0.2, 0.25) is 0 Å². The van der Waals surface area contributed by atoms with Crippen LogP contribution in [0.15, 0.2) is 47.4 Å². The summed E-state index contributed by atoms with van der Waals surface area (Å²) in [5.41, 5.74) is 0. The van der Waals surface area contributed by atoms with Gasteiger partial charge in [-0.15, -0.1) is 11.8 Å². The van der Waals surface area contributed by atoms with Gasteiger partial charge in [-0.2, -0.15) is 5.26 Å². The van der Waals surface area contributed by atoms with Crippen LogP contribution in [0.5, 0.6) is 0 Å². The minimum Gasteiger partial charge on any atom is -0.379 e. The molecular formula is C21H25N3O2S. The van der Waals surface area contributed by atoms with Crippen LogP contribution in [0, 0.1) is 11.3 Å². The molecule has 0 atom stereocenters. The molecule has 1 heterocycles. The van der Waals surface area contributed by atoms with Gasteiger partial charge in [-0.1, -0.05) is 30.3 Å². The summed E-state index contributed by atoms with van der Waals surface area (Å²) in [6.45, 7) is 5.32. The van der Waals surface area contributed by atoms with Gasteiger partial charge in [0.2, 0.25) is 5.91 Å². The number of hydrogen-bond acceptors (Lipinski definition) is 5. The van der Waals surface area contributed by atoms with E-state index in [0.29, 0.717) is 25.3 Å². The normalized spacial score (nSPS) is 14.8.